The van der Waals surface area contributed by atoms with Crippen molar-refractivity contribution in [3.63, 3.8) is 0 Å². The lowest BCUT2D eigenvalue weighted by atomic mass is 10.1. The molecule has 0 amide bonds. The summed E-state index contributed by atoms with van der Waals surface area (Å²) in [5, 5.41) is 0. The first kappa shape index (κ1) is 205. The van der Waals surface area contributed by atoms with Gasteiger partial charge in [-0.15, -0.1) is 0 Å². The monoisotopic (exact) mass is 2050 g/mol. The first-order chi connectivity index (χ1) is 70.7. The van der Waals surface area contributed by atoms with Crippen molar-refractivity contribution >= 4 is 17.1 Å². The van der Waals surface area contributed by atoms with Crippen LogP contribution in [0.1, 0.15) is 404 Å². The van der Waals surface area contributed by atoms with Crippen molar-refractivity contribution in [3.8, 4) is 11.4 Å². The lowest BCUT2D eigenvalue weighted by molar-refractivity contribution is 0.0503. The Morgan fingerprint density at radius 2 is 0.407 bits per heavy atom. The quantitative estimate of drug-likeness (QED) is 0.166. The zero-order chi connectivity index (χ0) is 120. The van der Waals surface area contributed by atoms with E-state index in [1.807, 2.05) is 578 Å². The fourth-order valence-electron chi connectivity index (χ4n) is 7.49. The normalized spacial score (nSPS) is 9.41. The second-order valence-corrected chi connectivity index (χ2v) is 23.9. The number of para-hydroxylation sites is 3. The number of likely N-dealkylation sites (N-methyl/N-ethyl adjacent to an activating group) is 3. The standard InChI is InChI=1S/C10H8N2.3C8H11N.C6H14N2.C6H10N2.C6H13N.C5H11NO.3C5H5N.C3H9N.2C3H8.24C2H6/c1-3-7-11-9(5-1)10-6-2-4-8-12-10;3*1-9(2)8-6-4-3-5-7-8;1-7-3-5-8(2)6-4-7;1-5-4-8(3)6(2)7-5;1-7-5-3-2-4-6-7;1-6-2-4-7-5-3-6;3*1-2-4-6-5-3-1;1-4(2)3;2*1-3-2;24*1-2/h1-8H;3*3-7H,1-2H3;3-6H2,1-2H3;4H,1-3H3;2-6H2,1H3;2-5H2,1H3;3*1-5H;1-3H3;2*3H2,1-2H3;24*1-2H3. The summed E-state index contributed by atoms with van der Waals surface area (Å²) in [7, 11) is 28.9. The smallest absolute Gasteiger partial charge is 0.105 e. The van der Waals surface area contributed by atoms with Crippen LogP contribution in [0.25, 0.3) is 11.4 Å². The van der Waals surface area contributed by atoms with Crippen LogP contribution < -0.4 is 14.7 Å². The van der Waals surface area contributed by atoms with Crippen LogP contribution in [-0.4, -0.2) is 216 Å². The maximum atomic E-state index is 5.10. The molecule has 0 atom stereocenters. The van der Waals surface area contributed by atoms with Crippen LogP contribution in [0.2, 0.25) is 0 Å². The van der Waals surface area contributed by atoms with Crippen molar-refractivity contribution in [2.24, 2.45) is 7.05 Å². The van der Waals surface area contributed by atoms with Gasteiger partial charge in [-0.05, 0) is 186 Å². The number of ether oxygens (including phenoxy) is 1. The number of nitrogens with zero attached hydrogens (tertiary/aromatic N) is 15. The van der Waals surface area contributed by atoms with Gasteiger partial charge in [0.05, 0.1) is 30.3 Å². The molecule has 9 heterocycles. The van der Waals surface area contributed by atoms with Gasteiger partial charge in [0, 0.05) is 161 Å². The van der Waals surface area contributed by atoms with E-state index in [1.165, 1.54) is 88.4 Å². The van der Waals surface area contributed by atoms with Crippen molar-refractivity contribution in [2.75, 3.05) is 172 Å². The Hall–Kier alpha value is -8.22. The van der Waals surface area contributed by atoms with Crippen LogP contribution >= 0.6 is 0 Å². The first-order valence-corrected chi connectivity index (χ1v) is 58.2. The maximum Gasteiger partial charge on any atom is 0.105 e. The number of aromatic nitrogens is 7. The van der Waals surface area contributed by atoms with Crippen LogP contribution in [0.3, 0.4) is 0 Å². The number of anilines is 3. The Morgan fingerprint density at radius 1 is 0.234 bits per heavy atom. The molecule has 0 bridgehead atoms. The average Bonchev–Trinajstić information content (AvgIpc) is 1.66. The topological polar surface area (TPSA) is 117 Å². The molecule has 0 unspecified atom stereocenters. The number of hydrogen-bond acceptors (Lipinski definition) is 15. The highest BCUT2D eigenvalue weighted by Crippen LogP contribution is 2.12. The third-order valence-electron chi connectivity index (χ3n) is 12.9. The second-order valence-electron chi connectivity index (χ2n) is 23.9. The van der Waals surface area contributed by atoms with Gasteiger partial charge < -0.3 is 48.5 Å². The van der Waals surface area contributed by atoms with Crippen LogP contribution in [0, 0.1) is 13.8 Å². The summed E-state index contributed by atoms with van der Waals surface area (Å²) >= 11 is 0. The molecule has 0 aliphatic carbocycles. The van der Waals surface area contributed by atoms with Gasteiger partial charge in [0.25, 0.3) is 0 Å². The molecular formula is C129H273N15O. The summed E-state index contributed by atoms with van der Waals surface area (Å²) in [6, 6.07) is 59.5. The highest BCUT2D eigenvalue weighted by atomic mass is 16.5. The van der Waals surface area contributed by atoms with Crippen molar-refractivity contribution in [2.45, 2.75) is 406 Å². The summed E-state index contributed by atoms with van der Waals surface area (Å²) in [6.07, 6.45) is 22.8. The van der Waals surface area contributed by atoms with E-state index in [2.05, 4.69) is 156 Å². The lowest BCUT2D eigenvalue weighted by Crippen LogP contribution is -2.42. The number of likely N-dealkylation sites (tertiary alicyclic amines) is 1. The molecule has 16 heteroatoms. The molecule has 3 fully saturated rings. The molecule has 145 heavy (non-hydrogen) atoms. The highest BCUT2D eigenvalue weighted by molar-refractivity contribution is 5.52. The van der Waals surface area contributed by atoms with Gasteiger partial charge in [0.2, 0.25) is 0 Å². The van der Waals surface area contributed by atoms with Crippen LogP contribution in [0.5, 0.6) is 0 Å². The van der Waals surface area contributed by atoms with Crippen LogP contribution in [-0.2, 0) is 11.8 Å². The summed E-state index contributed by atoms with van der Waals surface area (Å²) < 4.78 is 7.11. The molecule has 3 saturated heterocycles. The molecule has 3 aliphatic rings. The highest BCUT2D eigenvalue weighted by Gasteiger charge is 2.08. The third kappa shape index (κ3) is 226. The third-order valence-corrected chi connectivity index (χ3v) is 12.9. The van der Waals surface area contributed by atoms with Crippen molar-refractivity contribution in [1.29, 1.82) is 0 Å². The zero-order valence-corrected chi connectivity index (χ0v) is 112. The summed E-state index contributed by atoms with van der Waals surface area (Å²) in [5.74, 6) is 1.07. The molecule has 6 aromatic heterocycles. The number of morpholine rings is 1. The maximum absolute atomic E-state index is 5.10. The average molecular weight is 2050 g/mol. The van der Waals surface area contributed by atoms with Crippen molar-refractivity contribution < 1.29 is 4.74 Å². The molecule has 0 N–H and O–H groups in total. The van der Waals surface area contributed by atoms with Crippen LogP contribution in [0.4, 0.5) is 17.1 Å². The van der Waals surface area contributed by atoms with Crippen molar-refractivity contribution in [1.82, 2.24) is 59.0 Å². The molecule has 12 rings (SSSR count). The Labute approximate surface area is 920 Å². The minimum atomic E-state index is 0.913. The molecule has 3 aromatic carbocycles. The van der Waals surface area contributed by atoms with Gasteiger partial charge in [-0.3, -0.25) is 24.9 Å². The lowest BCUT2D eigenvalue weighted by Gasteiger charge is -2.28. The molecule has 870 valence electrons. The molecule has 0 saturated carbocycles. The summed E-state index contributed by atoms with van der Waals surface area (Å²) in [6.45, 7) is 120. The van der Waals surface area contributed by atoms with E-state index >= 15 is 0 Å². The Morgan fingerprint density at radius 3 is 0.510 bits per heavy atom. The molecular weight excluding hydrogens is 1780 g/mol. The number of benzene rings is 3. The van der Waals surface area contributed by atoms with Gasteiger partial charge in [-0.1, -0.05) is 464 Å². The fraction of sp³-hybridized carbons (Fsp3) is 0.643. The number of rotatable bonds is 4. The van der Waals surface area contributed by atoms with E-state index in [-0.39, 0.29) is 0 Å². The molecule has 9 aromatic rings. The number of hydrogen-bond donors (Lipinski definition) is 0. The summed E-state index contributed by atoms with van der Waals surface area (Å²) in [4.78, 5) is 41.5. The molecule has 3 aliphatic heterocycles. The largest absolute Gasteiger partial charge is 0.379 e. The van der Waals surface area contributed by atoms with E-state index in [1.54, 1.807) is 49.6 Å². The minimum Gasteiger partial charge on any atom is -0.379 e. The Kier molecular flexibility index (Phi) is 344. The Balaban J connectivity index is -0.0000000427. The van der Waals surface area contributed by atoms with E-state index in [0.717, 1.165) is 49.2 Å². The Bertz CT molecular complexity index is 2580. The fourth-order valence-corrected chi connectivity index (χ4v) is 7.49. The molecule has 16 nitrogen and oxygen atoms in total. The van der Waals surface area contributed by atoms with E-state index in [4.69, 9.17) is 4.74 Å². The van der Waals surface area contributed by atoms with E-state index < -0.39 is 0 Å². The summed E-state index contributed by atoms with van der Waals surface area (Å²) in [5.41, 5.74) is 6.66. The second kappa shape index (κ2) is 243. The molecule has 0 spiro atoms. The van der Waals surface area contributed by atoms with E-state index in [9.17, 15) is 0 Å². The number of aryl methyl sites for hydroxylation is 3. The first-order valence-electron chi connectivity index (χ1n) is 58.2. The predicted octanol–water partition coefficient (Wildman–Crippen LogP) is 40.2. The predicted molar refractivity (Wildman–Crippen MR) is 694 cm³/mol. The zero-order valence-electron chi connectivity index (χ0n) is 112. The van der Waals surface area contributed by atoms with Crippen LogP contribution in [0.15, 0.2) is 238 Å². The van der Waals surface area contributed by atoms with Gasteiger partial charge in [-0.25, -0.2) is 4.98 Å². The number of pyridine rings is 5. The van der Waals surface area contributed by atoms with E-state index in [0.29, 0.717) is 0 Å². The van der Waals surface area contributed by atoms with Gasteiger partial charge in [0.15, 0.2) is 0 Å². The SMILES string of the molecule is CC.CC.CC.CC.CC.CC.CC.CC.CC.CC.CC.CC.CC.CC.CC.CC.CC.CC.CC.CC.CC.CC.CC.CC.CCC.CCC.CN(C)C.CN(C)c1ccccc1.CN(C)c1ccccc1.CN(C)c1ccccc1.CN1CCCCC1.CN1CCN(C)CC1.CN1CCOCC1.Cc1cn(C)c(C)n1.c1ccc(-c2ccccn2)nc1.c1ccncc1.c1ccncc1.c1ccncc1. The minimum absolute atomic E-state index is 0.913. The molecule has 0 radical (unpaired) electrons. The van der Waals surface area contributed by atoms with Gasteiger partial charge in [0.1, 0.15) is 5.82 Å². The number of imidazole rings is 1. The van der Waals surface area contributed by atoms with Gasteiger partial charge in [-0.2, -0.15) is 0 Å². The number of piperidine rings is 1. The van der Waals surface area contributed by atoms with Gasteiger partial charge >= 0.3 is 0 Å². The number of piperazine rings is 1. The van der Waals surface area contributed by atoms with Crippen molar-refractivity contribution in [3.05, 3.63) is 249 Å².